The van der Waals surface area contributed by atoms with Gasteiger partial charge in [-0.3, -0.25) is 9.89 Å². The lowest BCUT2D eigenvalue weighted by Gasteiger charge is -2.34. The van der Waals surface area contributed by atoms with Gasteiger partial charge in [0.1, 0.15) is 0 Å². The average Bonchev–Trinajstić information content (AvgIpc) is 3.09. The molecular weight excluding hydrogens is 467 g/mol. The summed E-state index contributed by atoms with van der Waals surface area (Å²) in [4.78, 5) is 10.1. The molecule has 166 valence electrons. The van der Waals surface area contributed by atoms with Gasteiger partial charge in [0.15, 0.2) is 5.96 Å². The number of hydrogen-bond donors (Lipinski definition) is 1. The van der Waals surface area contributed by atoms with E-state index >= 15 is 0 Å². The molecule has 0 aromatic rings. The second-order valence-electron chi connectivity index (χ2n) is 8.28. The van der Waals surface area contributed by atoms with Crippen LogP contribution < -0.4 is 5.32 Å². The average molecular weight is 511 g/mol. The molecule has 6 nitrogen and oxygen atoms in total. The largest absolute Gasteiger partial charge is 0.385 e. The molecule has 0 spiro atoms. The number of aliphatic imine (C=N–C) groups is 1. The Labute approximate surface area is 189 Å². The van der Waals surface area contributed by atoms with E-state index in [4.69, 9.17) is 14.5 Å². The highest BCUT2D eigenvalue weighted by molar-refractivity contribution is 14.0. The summed E-state index contributed by atoms with van der Waals surface area (Å²) in [5, 5.41) is 3.51. The first kappa shape index (κ1) is 25.9. The van der Waals surface area contributed by atoms with Crippen LogP contribution in [0, 0.1) is 5.92 Å². The Kier molecular flexibility index (Phi) is 13.7. The Morgan fingerprint density at radius 1 is 1.14 bits per heavy atom. The number of ether oxygens (including phenoxy) is 2. The predicted molar refractivity (Wildman–Crippen MR) is 128 cm³/mol. The van der Waals surface area contributed by atoms with Crippen molar-refractivity contribution in [1.82, 2.24) is 15.1 Å². The lowest BCUT2D eigenvalue weighted by molar-refractivity contribution is 0.00989. The van der Waals surface area contributed by atoms with Gasteiger partial charge in [-0.05, 0) is 51.5 Å². The third kappa shape index (κ3) is 9.13. The minimum absolute atomic E-state index is 0. The highest BCUT2D eigenvalue weighted by atomic mass is 127. The van der Waals surface area contributed by atoms with E-state index in [0.29, 0.717) is 12.1 Å². The van der Waals surface area contributed by atoms with Gasteiger partial charge in [0.2, 0.25) is 0 Å². The molecule has 2 heterocycles. The summed E-state index contributed by atoms with van der Waals surface area (Å²) in [6.07, 6.45) is 6.13. The lowest BCUT2D eigenvalue weighted by Crippen LogP contribution is -2.47. The van der Waals surface area contributed by atoms with E-state index in [1.807, 2.05) is 0 Å². The molecule has 2 aliphatic heterocycles. The Morgan fingerprint density at radius 2 is 1.89 bits per heavy atom. The van der Waals surface area contributed by atoms with Crippen molar-refractivity contribution in [3.8, 4) is 0 Å². The summed E-state index contributed by atoms with van der Waals surface area (Å²) in [5.74, 6) is 1.82. The Hall–Kier alpha value is -0.120. The van der Waals surface area contributed by atoms with Crippen LogP contribution in [0.4, 0.5) is 0 Å². The highest BCUT2D eigenvalue weighted by Gasteiger charge is 2.26. The standard InChI is InChI=1S/C21H42N4O2.HI/c1-5-22-21(23-16-19-8-6-11-25(19)17-18(2)3)24-12-9-20(10-13-24)27-15-7-14-26-4;/h18-20H,5-17H2,1-4H3,(H,22,23);1H/t19-;/m1./s1. The second kappa shape index (κ2) is 14.8. The number of piperidine rings is 1. The van der Waals surface area contributed by atoms with Crippen molar-refractivity contribution in [3.05, 3.63) is 0 Å². The molecule has 0 saturated carbocycles. The van der Waals surface area contributed by atoms with Gasteiger partial charge < -0.3 is 19.7 Å². The number of halogens is 1. The van der Waals surface area contributed by atoms with E-state index < -0.39 is 0 Å². The zero-order chi connectivity index (χ0) is 19.5. The van der Waals surface area contributed by atoms with Gasteiger partial charge in [-0.2, -0.15) is 0 Å². The van der Waals surface area contributed by atoms with E-state index in [1.54, 1.807) is 7.11 Å². The van der Waals surface area contributed by atoms with Gasteiger partial charge in [-0.15, -0.1) is 24.0 Å². The number of hydrogen-bond acceptors (Lipinski definition) is 4. The van der Waals surface area contributed by atoms with Gasteiger partial charge in [0, 0.05) is 52.5 Å². The number of methoxy groups -OCH3 is 1. The minimum Gasteiger partial charge on any atom is -0.385 e. The van der Waals surface area contributed by atoms with Crippen molar-refractivity contribution < 1.29 is 9.47 Å². The number of nitrogens with one attached hydrogen (secondary N) is 1. The van der Waals surface area contributed by atoms with Crippen molar-refractivity contribution in [2.75, 3.05) is 59.6 Å². The Bertz CT molecular complexity index is 429. The van der Waals surface area contributed by atoms with Gasteiger partial charge >= 0.3 is 0 Å². The maximum atomic E-state index is 5.99. The molecule has 2 fully saturated rings. The summed E-state index contributed by atoms with van der Waals surface area (Å²) in [6, 6.07) is 0.614. The molecule has 0 unspecified atom stereocenters. The molecule has 0 radical (unpaired) electrons. The van der Waals surface area contributed by atoms with Crippen LogP contribution in [0.3, 0.4) is 0 Å². The van der Waals surface area contributed by atoms with Crippen molar-refractivity contribution in [2.24, 2.45) is 10.9 Å². The Balaban J connectivity index is 0.00000392. The number of rotatable bonds is 10. The summed E-state index contributed by atoms with van der Waals surface area (Å²) in [7, 11) is 1.74. The van der Waals surface area contributed by atoms with Gasteiger partial charge in [-0.25, -0.2) is 0 Å². The monoisotopic (exact) mass is 510 g/mol. The summed E-state index contributed by atoms with van der Waals surface area (Å²) in [5.41, 5.74) is 0. The van der Waals surface area contributed by atoms with Crippen molar-refractivity contribution in [1.29, 1.82) is 0 Å². The van der Waals surface area contributed by atoms with Crippen molar-refractivity contribution >= 4 is 29.9 Å². The molecule has 28 heavy (non-hydrogen) atoms. The van der Waals surface area contributed by atoms with Gasteiger partial charge in [0.25, 0.3) is 0 Å². The number of likely N-dealkylation sites (tertiary alicyclic amines) is 2. The first-order valence-corrected chi connectivity index (χ1v) is 11.0. The van der Waals surface area contributed by atoms with Crippen LogP contribution in [0.25, 0.3) is 0 Å². The second-order valence-corrected chi connectivity index (χ2v) is 8.28. The summed E-state index contributed by atoms with van der Waals surface area (Å²) >= 11 is 0. The van der Waals surface area contributed by atoms with E-state index in [-0.39, 0.29) is 24.0 Å². The Morgan fingerprint density at radius 3 is 2.54 bits per heavy atom. The molecular formula is C21H43IN4O2. The van der Waals surface area contributed by atoms with Crippen LogP contribution in [0.2, 0.25) is 0 Å². The molecule has 1 N–H and O–H groups in total. The first-order chi connectivity index (χ1) is 13.1. The third-order valence-electron chi connectivity index (χ3n) is 5.47. The fourth-order valence-corrected chi connectivity index (χ4v) is 4.12. The molecule has 7 heteroatoms. The molecule has 2 rings (SSSR count). The topological polar surface area (TPSA) is 49.3 Å². The SMILES string of the molecule is CCNC(=NC[C@H]1CCCN1CC(C)C)N1CCC(OCCCOC)CC1.I. The molecule has 0 aromatic carbocycles. The maximum absolute atomic E-state index is 5.99. The van der Waals surface area contributed by atoms with Crippen LogP contribution in [0.5, 0.6) is 0 Å². The predicted octanol–water partition coefficient (Wildman–Crippen LogP) is 3.21. The normalized spacial score (nSPS) is 22.0. The van der Waals surface area contributed by atoms with Gasteiger partial charge in [-0.1, -0.05) is 13.8 Å². The number of guanidine groups is 1. The zero-order valence-corrected chi connectivity index (χ0v) is 20.8. The van der Waals surface area contributed by atoms with Crippen molar-refractivity contribution in [3.63, 3.8) is 0 Å². The molecule has 0 bridgehead atoms. The molecule has 2 saturated heterocycles. The third-order valence-corrected chi connectivity index (χ3v) is 5.47. The maximum Gasteiger partial charge on any atom is 0.193 e. The quantitative estimate of drug-likeness (QED) is 0.212. The highest BCUT2D eigenvalue weighted by Crippen LogP contribution is 2.19. The van der Waals surface area contributed by atoms with Crippen LogP contribution in [0.15, 0.2) is 4.99 Å². The van der Waals surface area contributed by atoms with Crippen molar-refractivity contribution in [2.45, 2.75) is 65.0 Å². The van der Waals surface area contributed by atoms with E-state index in [9.17, 15) is 0 Å². The van der Waals surface area contributed by atoms with E-state index in [2.05, 4.69) is 35.9 Å². The molecule has 0 amide bonds. The van der Waals surface area contributed by atoms with Crippen LogP contribution in [0.1, 0.15) is 52.9 Å². The summed E-state index contributed by atoms with van der Waals surface area (Å²) < 4.78 is 11.1. The van der Waals surface area contributed by atoms with Crippen LogP contribution in [-0.2, 0) is 9.47 Å². The number of nitrogens with zero attached hydrogens (tertiary/aromatic N) is 3. The molecule has 2 aliphatic rings. The van der Waals surface area contributed by atoms with Crippen LogP contribution >= 0.6 is 24.0 Å². The van der Waals surface area contributed by atoms with E-state index in [0.717, 1.165) is 70.5 Å². The molecule has 0 aromatic heterocycles. The minimum atomic E-state index is 0. The lowest BCUT2D eigenvalue weighted by atomic mass is 10.1. The van der Waals surface area contributed by atoms with E-state index in [1.165, 1.54) is 25.9 Å². The van der Waals surface area contributed by atoms with Crippen LogP contribution in [-0.4, -0.2) is 87.5 Å². The zero-order valence-electron chi connectivity index (χ0n) is 18.5. The molecule has 1 atom stereocenters. The smallest absolute Gasteiger partial charge is 0.193 e. The first-order valence-electron chi connectivity index (χ1n) is 11.0. The summed E-state index contributed by atoms with van der Waals surface area (Å²) in [6.45, 7) is 14.7. The fourth-order valence-electron chi connectivity index (χ4n) is 4.12. The molecule has 0 aliphatic carbocycles. The van der Waals surface area contributed by atoms with Gasteiger partial charge in [0.05, 0.1) is 12.6 Å². The fraction of sp³-hybridized carbons (Fsp3) is 0.952.